The topological polar surface area (TPSA) is 63.4 Å². The van der Waals surface area contributed by atoms with Gasteiger partial charge in [0.05, 0.1) is 11.5 Å². The van der Waals surface area contributed by atoms with Crippen LogP contribution in [0.5, 0.6) is 0 Å². The maximum Gasteiger partial charge on any atom is 0.152 e. The molecule has 1 heterocycles. The van der Waals surface area contributed by atoms with Crippen molar-refractivity contribution in [2.45, 2.75) is 19.4 Å². The molecule has 0 bridgehead atoms. The van der Waals surface area contributed by atoms with Crippen LogP contribution in [0.1, 0.15) is 13.3 Å². The van der Waals surface area contributed by atoms with Crippen molar-refractivity contribution in [2.75, 3.05) is 31.1 Å². The van der Waals surface area contributed by atoms with Gasteiger partial charge in [0, 0.05) is 25.7 Å². The molecule has 0 radical (unpaired) electrons. The van der Waals surface area contributed by atoms with Crippen LogP contribution < -0.4 is 5.73 Å². The summed E-state index contributed by atoms with van der Waals surface area (Å²) in [5.74, 6) is 0.590. The molecule has 1 saturated heterocycles. The summed E-state index contributed by atoms with van der Waals surface area (Å²) >= 11 is 0. The van der Waals surface area contributed by atoms with Crippen LogP contribution in [0.4, 0.5) is 0 Å². The van der Waals surface area contributed by atoms with E-state index in [2.05, 4.69) is 11.8 Å². The maximum atomic E-state index is 11.1. The van der Waals surface area contributed by atoms with Gasteiger partial charge in [-0.15, -0.1) is 0 Å². The first-order chi connectivity index (χ1) is 6.09. The van der Waals surface area contributed by atoms with Crippen LogP contribution in [0.3, 0.4) is 0 Å². The minimum atomic E-state index is -2.75. The molecule has 0 saturated carbocycles. The highest BCUT2D eigenvalue weighted by Crippen LogP contribution is 2.09. The van der Waals surface area contributed by atoms with Crippen LogP contribution in [0.25, 0.3) is 0 Å². The monoisotopic (exact) mass is 206 g/mol. The summed E-state index contributed by atoms with van der Waals surface area (Å²) in [6, 6.07) is 0.357. The second kappa shape index (κ2) is 4.39. The molecule has 78 valence electrons. The standard InChI is InChI=1S/C8H18N2O2S/c1-2-8(7-9)10-3-5-13(11,12)6-4-10/h8H,2-7,9H2,1H3. The summed E-state index contributed by atoms with van der Waals surface area (Å²) in [6.45, 7) is 4.01. The fraction of sp³-hybridized carbons (Fsp3) is 1.00. The SMILES string of the molecule is CCC(CN)N1CCS(=O)(=O)CC1. The molecule has 0 spiro atoms. The van der Waals surface area contributed by atoms with Gasteiger partial charge in [-0.1, -0.05) is 6.92 Å². The van der Waals surface area contributed by atoms with Crippen molar-refractivity contribution in [3.63, 3.8) is 0 Å². The molecule has 1 atom stereocenters. The van der Waals surface area contributed by atoms with E-state index in [1.54, 1.807) is 0 Å². The number of nitrogens with two attached hydrogens (primary N) is 1. The highest BCUT2D eigenvalue weighted by Gasteiger charge is 2.25. The Morgan fingerprint density at radius 1 is 1.38 bits per heavy atom. The lowest BCUT2D eigenvalue weighted by Crippen LogP contribution is -2.48. The first-order valence-electron chi connectivity index (χ1n) is 4.73. The van der Waals surface area contributed by atoms with Crippen LogP contribution in [0.2, 0.25) is 0 Å². The second-order valence-electron chi connectivity index (χ2n) is 3.49. The smallest absolute Gasteiger partial charge is 0.152 e. The average Bonchev–Trinajstić information content (AvgIpc) is 2.09. The van der Waals surface area contributed by atoms with E-state index in [4.69, 9.17) is 5.73 Å². The molecule has 1 aliphatic rings. The Hall–Kier alpha value is -0.130. The lowest BCUT2D eigenvalue weighted by Gasteiger charge is -2.32. The van der Waals surface area contributed by atoms with Crippen LogP contribution in [0.15, 0.2) is 0 Å². The molecule has 1 unspecified atom stereocenters. The molecule has 5 heteroatoms. The minimum absolute atomic E-state index is 0.295. The van der Waals surface area contributed by atoms with E-state index < -0.39 is 9.84 Å². The van der Waals surface area contributed by atoms with Crippen molar-refractivity contribution in [3.05, 3.63) is 0 Å². The Morgan fingerprint density at radius 3 is 2.31 bits per heavy atom. The molecule has 13 heavy (non-hydrogen) atoms. The summed E-state index contributed by atoms with van der Waals surface area (Å²) in [5.41, 5.74) is 5.59. The highest BCUT2D eigenvalue weighted by molar-refractivity contribution is 7.91. The van der Waals surface area contributed by atoms with Gasteiger partial charge in [-0.3, -0.25) is 4.90 Å². The van der Waals surface area contributed by atoms with Crippen LogP contribution in [-0.2, 0) is 9.84 Å². The van der Waals surface area contributed by atoms with Crippen molar-refractivity contribution in [1.82, 2.24) is 4.90 Å². The Kier molecular flexibility index (Phi) is 3.70. The molecule has 1 rings (SSSR count). The molecule has 4 nitrogen and oxygen atoms in total. The quantitative estimate of drug-likeness (QED) is 0.673. The van der Waals surface area contributed by atoms with E-state index in [-0.39, 0.29) is 0 Å². The number of rotatable bonds is 3. The summed E-state index contributed by atoms with van der Waals surface area (Å²) in [5, 5.41) is 0. The minimum Gasteiger partial charge on any atom is -0.329 e. The fourth-order valence-electron chi connectivity index (χ4n) is 1.67. The average molecular weight is 206 g/mol. The first kappa shape index (κ1) is 10.9. The first-order valence-corrected chi connectivity index (χ1v) is 6.55. The van der Waals surface area contributed by atoms with E-state index in [1.165, 1.54) is 0 Å². The lowest BCUT2D eigenvalue weighted by molar-refractivity contribution is 0.211. The van der Waals surface area contributed by atoms with Gasteiger partial charge in [-0.2, -0.15) is 0 Å². The summed E-state index contributed by atoms with van der Waals surface area (Å²) in [7, 11) is -2.75. The highest BCUT2D eigenvalue weighted by atomic mass is 32.2. The van der Waals surface area contributed by atoms with Crippen molar-refractivity contribution in [3.8, 4) is 0 Å². The predicted octanol–water partition coefficient (Wildman–Crippen LogP) is -0.546. The molecular formula is C8H18N2O2S. The number of hydrogen-bond donors (Lipinski definition) is 1. The van der Waals surface area contributed by atoms with Gasteiger partial charge in [0.1, 0.15) is 0 Å². The van der Waals surface area contributed by atoms with E-state index in [0.29, 0.717) is 37.2 Å². The zero-order valence-electron chi connectivity index (χ0n) is 8.07. The van der Waals surface area contributed by atoms with E-state index in [9.17, 15) is 8.42 Å². The van der Waals surface area contributed by atoms with Crippen molar-refractivity contribution < 1.29 is 8.42 Å². The molecule has 0 aromatic carbocycles. The van der Waals surface area contributed by atoms with Gasteiger partial charge >= 0.3 is 0 Å². The van der Waals surface area contributed by atoms with Gasteiger partial charge in [0.2, 0.25) is 0 Å². The Bertz CT molecular complexity index is 233. The molecule has 1 aliphatic heterocycles. The molecular weight excluding hydrogens is 188 g/mol. The third kappa shape index (κ3) is 2.93. The molecule has 2 N–H and O–H groups in total. The van der Waals surface area contributed by atoms with E-state index in [1.807, 2.05) is 0 Å². The summed E-state index contributed by atoms with van der Waals surface area (Å²) in [6.07, 6.45) is 0.997. The zero-order chi connectivity index (χ0) is 9.90. The summed E-state index contributed by atoms with van der Waals surface area (Å²) in [4.78, 5) is 2.18. The van der Waals surface area contributed by atoms with Crippen LogP contribution >= 0.6 is 0 Å². The lowest BCUT2D eigenvalue weighted by atomic mass is 10.2. The van der Waals surface area contributed by atoms with E-state index >= 15 is 0 Å². The van der Waals surface area contributed by atoms with Crippen molar-refractivity contribution in [2.24, 2.45) is 5.73 Å². The number of sulfone groups is 1. The van der Waals surface area contributed by atoms with Gasteiger partial charge in [-0.05, 0) is 6.42 Å². The Balaban J connectivity index is 2.49. The van der Waals surface area contributed by atoms with Gasteiger partial charge in [-0.25, -0.2) is 8.42 Å². The van der Waals surface area contributed by atoms with Gasteiger partial charge in [0.25, 0.3) is 0 Å². The summed E-state index contributed by atoms with van der Waals surface area (Å²) < 4.78 is 22.3. The molecule has 0 aliphatic carbocycles. The third-order valence-electron chi connectivity index (χ3n) is 2.64. The third-order valence-corrected chi connectivity index (χ3v) is 4.25. The number of hydrogen-bond acceptors (Lipinski definition) is 4. The van der Waals surface area contributed by atoms with Crippen molar-refractivity contribution in [1.29, 1.82) is 0 Å². The van der Waals surface area contributed by atoms with Gasteiger partial charge in [0.15, 0.2) is 9.84 Å². The largest absolute Gasteiger partial charge is 0.329 e. The predicted molar refractivity (Wildman–Crippen MR) is 53.4 cm³/mol. The molecule has 0 aromatic heterocycles. The molecule has 1 fully saturated rings. The number of nitrogens with zero attached hydrogens (tertiary/aromatic N) is 1. The van der Waals surface area contributed by atoms with E-state index in [0.717, 1.165) is 6.42 Å². The van der Waals surface area contributed by atoms with Crippen molar-refractivity contribution >= 4 is 9.84 Å². The second-order valence-corrected chi connectivity index (χ2v) is 5.79. The van der Waals surface area contributed by atoms with Crippen LogP contribution in [0, 0.1) is 0 Å². The normalized spacial score (nSPS) is 25.7. The molecule has 0 aromatic rings. The Labute approximate surface area is 80.0 Å². The molecule has 0 amide bonds. The Morgan fingerprint density at radius 2 is 1.92 bits per heavy atom. The van der Waals surface area contributed by atoms with Crippen LogP contribution in [-0.4, -0.2) is 50.5 Å². The van der Waals surface area contributed by atoms with Gasteiger partial charge < -0.3 is 5.73 Å². The zero-order valence-corrected chi connectivity index (χ0v) is 8.89. The fourth-order valence-corrected chi connectivity index (χ4v) is 2.90. The maximum absolute atomic E-state index is 11.1.